The molecule has 0 aliphatic carbocycles. The van der Waals surface area contributed by atoms with Crippen molar-refractivity contribution in [3.8, 4) is 11.5 Å². The van der Waals surface area contributed by atoms with Crippen LogP contribution in [0.25, 0.3) is 11.5 Å². The molecule has 3 rings (SSSR count). The van der Waals surface area contributed by atoms with E-state index >= 15 is 0 Å². The molecule has 0 spiro atoms. The van der Waals surface area contributed by atoms with Gasteiger partial charge in [0.2, 0.25) is 0 Å². The minimum atomic E-state index is -0.0804. The minimum Gasteiger partial charge on any atom is -0.337 e. The van der Waals surface area contributed by atoms with Crippen molar-refractivity contribution in [2.24, 2.45) is 0 Å². The molecule has 0 N–H and O–H groups in total. The monoisotopic (exact) mass is 341 g/mol. The highest BCUT2D eigenvalue weighted by Crippen LogP contribution is 2.20. The average Bonchev–Trinajstić information content (AvgIpc) is 3.03. The zero-order valence-electron chi connectivity index (χ0n) is 13.4. The Kier molecular flexibility index (Phi) is 4.62. The molecule has 1 aromatic heterocycles. The van der Waals surface area contributed by atoms with Crippen molar-refractivity contribution in [3.63, 3.8) is 0 Å². The van der Waals surface area contributed by atoms with Crippen molar-refractivity contribution in [3.05, 3.63) is 70.5 Å². The van der Waals surface area contributed by atoms with E-state index in [-0.39, 0.29) is 5.91 Å². The van der Waals surface area contributed by atoms with Gasteiger partial charge in [-0.25, -0.2) is 0 Å². The fourth-order valence-corrected chi connectivity index (χ4v) is 2.54. The van der Waals surface area contributed by atoms with Crippen LogP contribution in [0.4, 0.5) is 0 Å². The first-order chi connectivity index (χ1) is 11.5. The molecule has 0 aliphatic heterocycles. The lowest BCUT2D eigenvalue weighted by atomic mass is 10.1. The maximum Gasteiger partial charge on any atom is 0.257 e. The van der Waals surface area contributed by atoms with Gasteiger partial charge in [0.1, 0.15) is 0 Å². The molecule has 1 amide bonds. The Morgan fingerprint density at radius 1 is 1.17 bits per heavy atom. The summed E-state index contributed by atoms with van der Waals surface area (Å²) in [4.78, 5) is 18.3. The molecule has 24 heavy (non-hydrogen) atoms. The number of hydrogen-bond acceptors (Lipinski definition) is 4. The van der Waals surface area contributed by atoms with Gasteiger partial charge in [0, 0.05) is 29.7 Å². The second-order valence-corrected chi connectivity index (χ2v) is 5.88. The van der Waals surface area contributed by atoms with Gasteiger partial charge in [-0.1, -0.05) is 35.0 Å². The maximum atomic E-state index is 12.5. The van der Waals surface area contributed by atoms with Crippen LogP contribution in [0.3, 0.4) is 0 Å². The van der Waals surface area contributed by atoms with Crippen molar-refractivity contribution in [1.29, 1.82) is 0 Å². The van der Waals surface area contributed by atoms with Crippen LogP contribution in [-0.2, 0) is 6.54 Å². The van der Waals surface area contributed by atoms with E-state index in [0.29, 0.717) is 28.8 Å². The molecule has 1 heterocycles. The van der Waals surface area contributed by atoms with E-state index in [0.717, 1.165) is 11.1 Å². The van der Waals surface area contributed by atoms with Crippen molar-refractivity contribution in [2.45, 2.75) is 13.5 Å². The second-order valence-electron chi connectivity index (χ2n) is 5.48. The summed E-state index contributed by atoms with van der Waals surface area (Å²) >= 11 is 6.15. The Balaban J connectivity index is 1.74. The van der Waals surface area contributed by atoms with Crippen LogP contribution in [0.1, 0.15) is 21.7 Å². The molecule has 5 nitrogen and oxygen atoms in total. The highest BCUT2D eigenvalue weighted by Gasteiger charge is 2.14. The third-order valence-corrected chi connectivity index (χ3v) is 3.99. The van der Waals surface area contributed by atoms with Gasteiger partial charge in [0.25, 0.3) is 11.8 Å². The van der Waals surface area contributed by atoms with Crippen LogP contribution in [0.15, 0.2) is 53.1 Å². The number of benzene rings is 2. The van der Waals surface area contributed by atoms with Gasteiger partial charge in [0.05, 0.1) is 0 Å². The van der Waals surface area contributed by atoms with Crippen LogP contribution in [0.2, 0.25) is 5.02 Å². The summed E-state index contributed by atoms with van der Waals surface area (Å²) in [7, 11) is 1.75. The molecule has 0 radical (unpaired) electrons. The van der Waals surface area contributed by atoms with Crippen molar-refractivity contribution >= 4 is 17.5 Å². The van der Waals surface area contributed by atoms with Crippen LogP contribution in [0, 0.1) is 6.92 Å². The van der Waals surface area contributed by atoms with Gasteiger partial charge in [-0.15, -0.1) is 0 Å². The van der Waals surface area contributed by atoms with E-state index < -0.39 is 0 Å². The molecule has 0 aliphatic rings. The van der Waals surface area contributed by atoms with E-state index in [4.69, 9.17) is 16.1 Å². The summed E-state index contributed by atoms with van der Waals surface area (Å²) in [6, 6.07) is 14.6. The number of carbonyl (C=O) groups is 1. The zero-order chi connectivity index (χ0) is 17.1. The van der Waals surface area contributed by atoms with Crippen molar-refractivity contribution in [1.82, 2.24) is 15.0 Å². The van der Waals surface area contributed by atoms with Crippen molar-refractivity contribution < 1.29 is 9.32 Å². The predicted molar refractivity (Wildman–Crippen MR) is 91.7 cm³/mol. The molecule has 0 fully saturated rings. The van der Waals surface area contributed by atoms with E-state index in [1.807, 2.05) is 24.3 Å². The van der Waals surface area contributed by atoms with Crippen LogP contribution < -0.4 is 0 Å². The summed E-state index contributed by atoms with van der Waals surface area (Å²) in [6.45, 7) is 2.21. The number of rotatable bonds is 4. The van der Waals surface area contributed by atoms with Crippen LogP contribution in [0.5, 0.6) is 0 Å². The molecular formula is C18H16ClN3O2. The number of hydrogen-bond donors (Lipinski definition) is 0. The molecule has 0 saturated heterocycles. The third-order valence-electron chi connectivity index (χ3n) is 3.62. The van der Waals surface area contributed by atoms with Gasteiger partial charge in [0.15, 0.2) is 5.82 Å². The standard InChI is InChI=1S/C18H16ClN3O2/c1-12-20-17(24-21-12)13-7-9-14(10-8-13)18(23)22(2)11-15-5-3-4-6-16(15)19/h3-10H,11H2,1-2H3. The lowest BCUT2D eigenvalue weighted by Gasteiger charge is -2.18. The number of aromatic nitrogens is 2. The first-order valence-electron chi connectivity index (χ1n) is 7.44. The van der Waals surface area contributed by atoms with Gasteiger partial charge < -0.3 is 9.42 Å². The molecule has 0 bridgehead atoms. The summed E-state index contributed by atoms with van der Waals surface area (Å²) < 4.78 is 5.12. The van der Waals surface area contributed by atoms with E-state index in [1.54, 1.807) is 43.1 Å². The number of carbonyl (C=O) groups excluding carboxylic acids is 1. The van der Waals surface area contributed by atoms with E-state index in [1.165, 1.54) is 0 Å². The number of halogens is 1. The Labute approximate surface area is 144 Å². The molecule has 0 saturated carbocycles. The fourth-order valence-electron chi connectivity index (χ4n) is 2.34. The van der Waals surface area contributed by atoms with Crippen molar-refractivity contribution in [2.75, 3.05) is 7.05 Å². The summed E-state index contributed by atoms with van der Waals surface area (Å²) in [6.07, 6.45) is 0. The lowest BCUT2D eigenvalue weighted by Crippen LogP contribution is -2.26. The van der Waals surface area contributed by atoms with Gasteiger partial charge in [-0.05, 0) is 42.8 Å². The normalized spacial score (nSPS) is 10.6. The maximum absolute atomic E-state index is 12.5. The van der Waals surface area contributed by atoms with Gasteiger partial charge in [-0.2, -0.15) is 4.98 Å². The second kappa shape index (κ2) is 6.84. The number of nitrogens with zero attached hydrogens (tertiary/aromatic N) is 3. The topological polar surface area (TPSA) is 59.2 Å². The Morgan fingerprint density at radius 2 is 1.88 bits per heavy atom. The minimum absolute atomic E-state index is 0.0804. The highest BCUT2D eigenvalue weighted by atomic mass is 35.5. The molecule has 0 unspecified atom stereocenters. The average molecular weight is 342 g/mol. The van der Waals surface area contributed by atoms with Crippen LogP contribution >= 0.6 is 11.6 Å². The Hall–Kier alpha value is -2.66. The summed E-state index contributed by atoms with van der Waals surface area (Å²) in [5.41, 5.74) is 2.28. The molecular weight excluding hydrogens is 326 g/mol. The number of amides is 1. The highest BCUT2D eigenvalue weighted by molar-refractivity contribution is 6.31. The molecule has 6 heteroatoms. The summed E-state index contributed by atoms with van der Waals surface area (Å²) in [5.74, 6) is 0.934. The zero-order valence-corrected chi connectivity index (χ0v) is 14.1. The predicted octanol–water partition coefficient (Wildman–Crippen LogP) is 3.97. The Morgan fingerprint density at radius 3 is 2.50 bits per heavy atom. The fraction of sp³-hybridized carbons (Fsp3) is 0.167. The van der Waals surface area contributed by atoms with Gasteiger partial charge in [-0.3, -0.25) is 4.79 Å². The smallest absolute Gasteiger partial charge is 0.257 e. The Bertz CT molecular complexity index is 859. The van der Waals surface area contributed by atoms with Gasteiger partial charge >= 0.3 is 0 Å². The quantitative estimate of drug-likeness (QED) is 0.720. The van der Waals surface area contributed by atoms with E-state index in [9.17, 15) is 4.79 Å². The molecule has 3 aromatic rings. The lowest BCUT2D eigenvalue weighted by molar-refractivity contribution is 0.0785. The number of aryl methyl sites for hydroxylation is 1. The molecule has 0 atom stereocenters. The molecule has 2 aromatic carbocycles. The third kappa shape index (κ3) is 3.46. The first kappa shape index (κ1) is 16.2. The molecule has 122 valence electrons. The van der Waals surface area contributed by atoms with Crippen LogP contribution in [-0.4, -0.2) is 28.0 Å². The largest absolute Gasteiger partial charge is 0.337 e. The summed E-state index contributed by atoms with van der Waals surface area (Å²) in [5, 5.41) is 4.41. The first-order valence-corrected chi connectivity index (χ1v) is 7.82. The van der Waals surface area contributed by atoms with E-state index in [2.05, 4.69) is 10.1 Å². The SMILES string of the molecule is Cc1noc(-c2ccc(C(=O)N(C)Cc3ccccc3Cl)cc2)n1.